The van der Waals surface area contributed by atoms with Crippen LogP contribution in [-0.2, 0) is 10.3 Å². The number of hydrogen-bond acceptors (Lipinski definition) is 6. The maximum atomic E-state index is 13.7. The summed E-state index contributed by atoms with van der Waals surface area (Å²) in [6.07, 6.45) is 2.02. The average Bonchev–Trinajstić information content (AvgIpc) is 2.77. The van der Waals surface area contributed by atoms with Crippen molar-refractivity contribution in [1.82, 2.24) is 4.90 Å². The van der Waals surface area contributed by atoms with E-state index >= 15 is 0 Å². The molecule has 0 radical (unpaired) electrons. The maximum Gasteiger partial charge on any atom is 0.187 e. The summed E-state index contributed by atoms with van der Waals surface area (Å²) in [5.74, 6) is 0.755. The Balaban J connectivity index is 1.95. The number of nitrogens with zero attached hydrogens (tertiary/aromatic N) is 1. The first kappa shape index (κ1) is 20.9. The van der Waals surface area contributed by atoms with Crippen LogP contribution in [0, 0.1) is 0 Å². The summed E-state index contributed by atoms with van der Waals surface area (Å²) in [5.41, 5.74) is 0.831. The van der Waals surface area contributed by atoms with Gasteiger partial charge in [-0.2, -0.15) is 0 Å². The van der Waals surface area contributed by atoms with Crippen LogP contribution in [0.3, 0.4) is 0 Å². The molecule has 1 N–H and O–H groups in total. The molecule has 1 fully saturated rings. The van der Waals surface area contributed by atoms with E-state index in [9.17, 15) is 4.79 Å². The predicted octanol–water partition coefficient (Wildman–Crippen LogP) is 3.21. The van der Waals surface area contributed by atoms with Gasteiger partial charge in [0, 0.05) is 23.5 Å². The second kappa shape index (κ2) is 9.56. The third-order valence-electron chi connectivity index (χ3n) is 5.21. The van der Waals surface area contributed by atoms with Gasteiger partial charge in [-0.05, 0) is 43.0 Å². The molecule has 1 heterocycles. The highest BCUT2D eigenvalue weighted by Gasteiger charge is 2.42. The Kier molecular flexibility index (Phi) is 7.13. The van der Waals surface area contributed by atoms with E-state index in [0.29, 0.717) is 37.6 Å². The van der Waals surface area contributed by atoms with Crippen LogP contribution in [0.5, 0.6) is 5.75 Å². The van der Waals surface area contributed by atoms with Gasteiger partial charge in [0.15, 0.2) is 5.78 Å². The molecule has 1 unspecified atom stereocenters. The Morgan fingerprint density at radius 3 is 2.36 bits per heavy atom. The molecular weight excluding hydrogens is 374 g/mol. The third-order valence-corrected chi connectivity index (χ3v) is 5.96. The first-order chi connectivity index (χ1) is 13.6. The summed E-state index contributed by atoms with van der Waals surface area (Å²) >= 11 is 1.66. The smallest absolute Gasteiger partial charge is 0.187 e. The van der Waals surface area contributed by atoms with Crippen molar-refractivity contribution < 1.29 is 19.4 Å². The molecule has 0 aromatic heterocycles. The van der Waals surface area contributed by atoms with E-state index in [4.69, 9.17) is 14.6 Å². The standard InChI is InChI=1S/C22H27NO4S/c1-22(23-11-14-26-15-12-23,18-5-7-19(8-6-18)27-16-13-24)21(25)17-3-9-20(28-2)10-4-17/h3-10,24H,11-16H2,1-2H3. The number of aliphatic hydroxyl groups is 1. The summed E-state index contributed by atoms with van der Waals surface area (Å²) < 4.78 is 11.0. The van der Waals surface area contributed by atoms with Crippen LogP contribution in [0.2, 0.25) is 0 Å². The number of hydrogen-bond donors (Lipinski definition) is 1. The summed E-state index contributed by atoms with van der Waals surface area (Å²) in [5, 5.41) is 8.93. The van der Waals surface area contributed by atoms with Gasteiger partial charge >= 0.3 is 0 Å². The molecular formula is C22H27NO4S. The molecule has 6 heteroatoms. The highest BCUT2D eigenvalue weighted by atomic mass is 32.2. The van der Waals surface area contributed by atoms with Gasteiger partial charge in [-0.3, -0.25) is 9.69 Å². The summed E-state index contributed by atoms with van der Waals surface area (Å²) in [6.45, 7) is 4.85. The quantitative estimate of drug-likeness (QED) is 0.541. The van der Waals surface area contributed by atoms with Crippen LogP contribution in [-0.4, -0.2) is 61.6 Å². The third kappa shape index (κ3) is 4.41. The Labute approximate surface area is 170 Å². The Morgan fingerprint density at radius 2 is 1.79 bits per heavy atom. The van der Waals surface area contributed by atoms with E-state index in [0.717, 1.165) is 10.5 Å². The van der Waals surface area contributed by atoms with Gasteiger partial charge in [-0.25, -0.2) is 0 Å². The Hall–Kier alpha value is -1.86. The van der Waals surface area contributed by atoms with Crippen molar-refractivity contribution in [2.45, 2.75) is 17.4 Å². The van der Waals surface area contributed by atoms with Crippen LogP contribution < -0.4 is 4.74 Å². The molecule has 1 aliphatic heterocycles. The topological polar surface area (TPSA) is 59.0 Å². The molecule has 0 bridgehead atoms. The minimum atomic E-state index is -0.792. The molecule has 2 aromatic rings. The molecule has 0 aliphatic carbocycles. The van der Waals surface area contributed by atoms with Crippen molar-refractivity contribution in [2.75, 3.05) is 45.8 Å². The highest BCUT2D eigenvalue weighted by molar-refractivity contribution is 7.98. The zero-order valence-corrected chi connectivity index (χ0v) is 17.2. The molecule has 0 amide bonds. The van der Waals surface area contributed by atoms with E-state index in [1.54, 1.807) is 11.8 Å². The number of Topliss-reactive ketones (excluding diaryl/α,β-unsaturated/α-hetero) is 1. The monoisotopic (exact) mass is 401 g/mol. The van der Waals surface area contributed by atoms with E-state index in [-0.39, 0.29) is 19.0 Å². The fraction of sp³-hybridized carbons (Fsp3) is 0.409. The second-order valence-corrected chi connectivity index (χ2v) is 7.71. The van der Waals surface area contributed by atoms with Gasteiger partial charge < -0.3 is 14.6 Å². The Morgan fingerprint density at radius 1 is 1.14 bits per heavy atom. The number of benzene rings is 2. The van der Waals surface area contributed by atoms with Crippen molar-refractivity contribution in [3.05, 3.63) is 59.7 Å². The number of carbonyl (C=O) groups is 1. The van der Waals surface area contributed by atoms with Crippen LogP contribution in [0.15, 0.2) is 53.4 Å². The van der Waals surface area contributed by atoms with E-state index in [1.165, 1.54) is 0 Å². The van der Waals surface area contributed by atoms with E-state index in [2.05, 4.69) is 4.90 Å². The summed E-state index contributed by atoms with van der Waals surface area (Å²) in [4.78, 5) is 17.0. The minimum Gasteiger partial charge on any atom is -0.491 e. The number of aliphatic hydroxyl groups excluding tert-OH is 1. The molecule has 5 nitrogen and oxygen atoms in total. The minimum absolute atomic E-state index is 0.0300. The van der Waals surface area contributed by atoms with Gasteiger partial charge in [-0.15, -0.1) is 11.8 Å². The van der Waals surface area contributed by atoms with Gasteiger partial charge in [0.05, 0.1) is 19.8 Å². The lowest BCUT2D eigenvalue weighted by molar-refractivity contribution is -0.0111. The van der Waals surface area contributed by atoms with Crippen molar-refractivity contribution in [2.24, 2.45) is 0 Å². The number of rotatable bonds is 8. The fourth-order valence-corrected chi connectivity index (χ4v) is 3.94. The molecule has 1 atom stereocenters. The fourth-order valence-electron chi connectivity index (χ4n) is 3.53. The number of ether oxygens (including phenoxy) is 2. The predicted molar refractivity (Wildman–Crippen MR) is 111 cm³/mol. The van der Waals surface area contributed by atoms with Gasteiger partial charge in [0.1, 0.15) is 17.9 Å². The lowest BCUT2D eigenvalue weighted by Crippen LogP contribution is -2.54. The zero-order chi connectivity index (χ0) is 20.0. The second-order valence-electron chi connectivity index (χ2n) is 6.83. The van der Waals surface area contributed by atoms with Crippen molar-refractivity contribution in [3.8, 4) is 5.75 Å². The highest BCUT2D eigenvalue weighted by Crippen LogP contribution is 2.34. The van der Waals surface area contributed by atoms with Crippen LogP contribution in [0.1, 0.15) is 22.8 Å². The molecule has 0 saturated carbocycles. The lowest BCUT2D eigenvalue weighted by atomic mass is 9.82. The van der Waals surface area contributed by atoms with Crippen LogP contribution in [0.4, 0.5) is 0 Å². The van der Waals surface area contributed by atoms with Crippen LogP contribution >= 0.6 is 11.8 Å². The molecule has 3 rings (SSSR count). The summed E-state index contributed by atoms with van der Waals surface area (Å²) in [6, 6.07) is 15.4. The van der Waals surface area contributed by atoms with Gasteiger partial charge in [0.25, 0.3) is 0 Å². The van der Waals surface area contributed by atoms with E-state index in [1.807, 2.05) is 61.7 Å². The summed E-state index contributed by atoms with van der Waals surface area (Å²) in [7, 11) is 0. The molecule has 28 heavy (non-hydrogen) atoms. The SMILES string of the molecule is CSc1ccc(C(=O)C(C)(c2ccc(OCCO)cc2)N2CCOCC2)cc1. The first-order valence-electron chi connectivity index (χ1n) is 9.45. The molecule has 1 aliphatic rings. The molecule has 150 valence electrons. The maximum absolute atomic E-state index is 13.7. The molecule has 0 spiro atoms. The number of carbonyl (C=O) groups excluding carboxylic acids is 1. The van der Waals surface area contributed by atoms with Crippen molar-refractivity contribution in [3.63, 3.8) is 0 Å². The Bertz CT molecular complexity index is 772. The van der Waals surface area contributed by atoms with Crippen molar-refractivity contribution >= 4 is 17.5 Å². The molecule has 2 aromatic carbocycles. The van der Waals surface area contributed by atoms with Gasteiger partial charge in [0.2, 0.25) is 0 Å². The van der Waals surface area contributed by atoms with Crippen molar-refractivity contribution in [1.29, 1.82) is 0 Å². The van der Waals surface area contributed by atoms with E-state index < -0.39 is 5.54 Å². The zero-order valence-electron chi connectivity index (χ0n) is 16.4. The number of thioether (sulfide) groups is 1. The molecule has 1 saturated heterocycles. The largest absolute Gasteiger partial charge is 0.491 e. The number of morpholine rings is 1. The first-order valence-corrected chi connectivity index (χ1v) is 10.7. The van der Waals surface area contributed by atoms with Gasteiger partial charge in [-0.1, -0.05) is 24.3 Å². The number of ketones is 1. The normalized spacial score (nSPS) is 17.1. The lowest BCUT2D eigenvalue weighted by Gasteiger charge is -2.42. The average molecular weight is 402 g/mol. The van der Waals surface area contributed by atoms with Crippen LogP contribution in [0.25, 0.3) is 0 Å².